The standard InChI is InChI=1S/C21H26N6O3S/c1-9-14(20-26-16-13(31-20)5-6-23-15(16)10-3-4-10)19(27-21(22-2)24-9)25-12-7-11(8-28)17(29)18(12)30/h5-6,10-12,17-18,28-30H,3-4,7-8H2,1-2H3,(H2,22,24,25,27)/t11-,12-,17-,18+/m1/s1. The number of aromatic nitrogens is 4. The summed E-state index contributed by atoms with van der Waals surface area (Å²) in [7, 11) is 1.75. The van der Waals surface area contributed by atoms with Crippen molar-refractivity contribution in [2.24, 2.45) is 5.92 Å². The van der Waals surface area contributed by atoms with Gasteiger partial charge >= 0.3 is 0 Å². The van der Waals surface area contributed by atoms with Crippen molar-refractivity contribution in [1.29, 1.82) is 0 Å². The SMILES string of the molecule is CNc1nc(C)c(-c2nc3c(C4CC4)nccc3s2)c(N[C@@H]2C[C@H](CO)[C@@H](O)[C@H]2O)n1. The highest BCUT2D eigenvalue weighted by Gasteiger charge is 2.41. The first-order valence-corrected chi connectivity index (χ1v) is 11.4. The van der Waals surface area contributed by atoms with Gasteiger partial charge in [0, 0.05) is 31.7 Å². The van der Waals surface area contributed by atoms with Crippen molar-refractivity contribution in [3.63, 3.8) is 0 Å². The number of nitrogens with zero attached hydrogens (tertiary/aromatic N) is 4. The Balaban J connectivity index is 1.57. The van der Waals surface area contributed by atoms with Gasteiger partial charge in [-0.2, -0.15) is 4.98 Å². The van der Waals surface area contributed by atoms with E-state index in [0.29, 0.717) is 24.1 Å². The number of aliphatic hydroxyl groups excluding tert-OH is 3. The first kappa shape index (κ1) is 20.5. The zero-order valence-electron chi connectivity index (χ0n) is 17.4. The second-order valence-corrected chi connectivity index (χ2v) is 9.38. The lowest BCUT2D eigenvalue weighted by Gasteiger charge is -2.21. The third-order valence-electron chi connectivity index (χ3n) is 6.19. The fourth-order valence-corrected chi connectivity index (χ4v) is 5.37. The van der Waals surface area contributed by atoms with Gasteiger partial charge in [0.2, 0.25) is 5.95 Å². The van der Waals surface area contributed by atoms with Gasteiger partial charge in [-0.3, -0.25) is 4.98 Å². The molecule has 3 heterocycles. The van der Waals surface area contributed by atoms with Crippen LogP contribution in [-0.2, 0) is 0 Å². The number of aryl methyl sites for hydroxylation is 1. The lowest BCUT2D eigenvalue weighted by molar-refractivity contribution is 0.00446. The summed E-state index contributed by atoms with van der Waals surface area (Å²) in [6.07, 6.45) is 2.60. The summed E-state index contributed by atoms with van der Waals surface area (Å²) in [6.45, 7) is 1.73. The molecule has 5 rings (SSSR count). The van der Waals surface area contributed by atoms with E-state index in [0.717, 1.165) is 45.0 Å². The predicted molar refractivity (Wildman–Crippen MR) is 119 cm³/mol. The Kier molecular flexibility index (Phi) is 5.25. The largest absolute Gasteiger partial charge is 0.396 e. The highest BCUT2D eigenvalue weighted by molar-refractivity contribution is 7.21. The van der Waals surface area contributed by atoms with Crippen molar-refractivity contribution in [3.8, 4) is 10.6 Å². The van der Waals surface area contributed by atoms with Gasteiger partial charge in [-0.1, -0.05) is 0 Å². The number of fused-ring (bicyclic) bond motifs is 1. The molecular weight excluding hydrogens is 416 g/mol. The van der Waals surface area contributed by atoms with E-state index in [1.165, 1.54) is 0 Å². The summed E-state index contributed by atoms with van der Waals surface area (Å²) in [6, 6.07) is 1.54. The van der Waals surface area contributed by atoms with Crippen LogP contribution in [-0.4, -0.2) is 67.2 Å². The highest BCUT2D eigenvalue weighted by atomic mass is 32.1. The number of aliphatic hydroxyl groups is 3. The number of anilines is 2. The van der Waals surface area contributed by atoms with Crippen LogP contribution < -0.4 is 10.6 Å². The van der Waals surface area contributed by atoms with Crippen LogP contribution in [0.3, 0.4) is 0 Å². The van der Waals surface area contributed by atoms with E-state index in [2.05, 4.69) is 25.6 Å². The topological polar surface area (TPSA) is 136 Å². The molecule has 0 unspecified atom stereocenters. The number of pyridine rings is 1. The maximum atomic E-state index is 10.5. The molecule has 2 aliphatic carbocycles. The Bertz CT molecular complexity index is 1120. The van der Waals surface area contributed by atoms with Crippen LogP contribution in [0.2, 0.25) is 0 Å². The molecule has 0 spiro atoms. The lowest BCUT2D eigenvalue weighted by Crippen LogP contribution is -2.35. The van der Waals surface area contributed by atoms with Crippen molar-refractivity contribution in [1.82, 2.24) is 19.9 Å². The zero-order chi connectivity index (χ0) is 21.7. The van der Waals surface area contributed by atoms with E-state index >= 15 is 0 Å². The number of thiazole rings is 1. The first-order valence-electron chi connectivity index (χ1n) is 10.6. The summed E-state index contributed by atoms with van der Waals surface area (Å²) < 4.78 is 1.08. The Morgan fingerprint density at radius 1 is 1.16 bits per heavy atom. The molecule has 0 aromatic carbocycles. The minimum atomic E-state index is -1.00. The monoisotopic (exact) mass is 442 g/mol. The molecule has 5 N–H and O–H groups in total. The predicted octanol–water partition coefficient (Wildman–Crippen LogP) is 1.89. The number of hydrogen-bond donors (Lipinski definition) is 5. The van der Waals surface area contributed by atoms with Crippen molar-refractivity contribution in [3.05, 3.63) is 23.7 Å². The van der Waals surface area contributed by atoms with Gasteiger partial charge < -0.3 is 26.0 Å². The summed E-state index contributed by atoms with van der Waals surface area (Å²) in [5.74, 6) is 1.12. The van der Waals surface area contributed by atoms with Crippen LogP contribution in [0.25, 0.3) is 20.8 Å². The first-order chi connectivity index (χ1) is 15.0. The van der Waals surface area contributed by atoms with Gasteiger partial charge in [0.1, 0.15) is 22.4 Å². The minimum absolute atomic E-state index is 0.178. The van der Waals surface area contributed by atoms with Gasteiger partial charge in [0.15, 0.2) is 0 Å². The van der Waals surface area contributed by atoms with E-state index in [9.17, 15) is 15.3 Å². The molecule has 3 aromatic heterocycles. The quantitative estimate of drug-likeness (QED) is 0.388. The number of rotatable bonds is 6. The molecule has 0 bridgehead atoms. The van der Waals surface area contributed by atoms with E-state index in [1.807, 2.05) is 19.2 Å². The molecule has 2 saturated carbocycles. The Labute approximate surface area is 183 Å². The Morgan fingerprint density at radius 2 is 1.97 bits per heavy atom. The van der Waals surface area contributed by atoms with Crippen molar-refractivity contribution < 1.29 is 15.3 Å². The van der Waals surface area contributed by atoms with Gasteiger partial charge in [-0.05, 0) is 32.3 Å². The second-order valence-electron chi connectivity index (χ2n) is 8.35. The Morgan fingerprint density at radius 3 is 2.65 bits per heavy atom. The van der Waals surface area contributed by atoms with Crippen molar-refractivity contribution >= 4 is 33.3 Å². The van der Waals surface area contributed by atoms with Crippen LogP contribution >= 0.6 is 11.3 Å². The Hall–Kier alpha value is -2.40. The average molecular weight is 443 g/mol. The van der Waals surface area contributed by atoms with Crippen molar-refractivity contribution in [2.45, 2.75) is 50.4 Å². The molecule has 2 aliphatic rings. The smallest absolute Gasteiger partial charge is 0.224 e. The molecule has 31 heavy (non-hydrogen) atoms. The van der Waals surface area contributed by atoms with Gasteiger partial charge in [0.05, 0.1) is 33.8 Å². The summed E-state index contributed by atoms with van der Waals surface area (Å²) in [4.78, 5) is 18.6. The molecule has 0 amide bonds. The molecule has 164 valence electrons. The highest BCUT2D eigenvalue weighted by Crippen LogP contribution is 2.44. The lowest BCUT2D eigenvalue weighted by atomic mass is 10.1. The second kappa shape index (κ2) is 7.94. The van der Waals surface area contributed by atoms with E-state index in [-0.39, 0.29) is 12.5 Å². The maximum absolute atomic E-state index is 10.5. The summed E-state index contributed by atoms with van der Waals surface area (Å²) >= 11 is 1.57. The fourth-order valence-electron chi connectivity index (χ4n) is 4.31. The molecule has 0 saturated heterocycles. The van der Waals surface area contributed by atoms with E-state index in [1.54, 1.807) is 18.4 Å². The average Bonchev–Trinajstić information content (AvgIpc) is 3.46. The molecular formula is C21H26N6O3S. The summed E-state index contributed by atoms with van der Waals surface area (Å²) in [5.41, 5.74) is 3.52. The molecule has 0 aliphatic heterocycles. The van der Waals surface area contributed by atoms with E-state index < -0.39 is 18.2 Å². The zero-order valence-corrected chi connectivity index (χ0v) is 18.2. The maximum Gasteiger partial charge on any atom is 0.224 e. The van der Waals surface area contributed by atoms with Crippen LogP contribution in [0.5, 0.6) is 0 Å². The van der Waals surface area contributed by atoms with Gasteiger partial charge in [0.25, 0.3) is 0 Å². The van der Waals surface area contributed by atoms with Crippen LogP contribution in [0.15, 0.2) is 12.3 Å². The third kappa shape index (κ3) is 3.63. The van der Waals surface area contributed by atoms with Crippen LogP contribution in [0, 0.1) is 12.8 Å². The molecule has 2 fully saturated rings. The summed E-state index contributed by atoms with van der Waals surface area (Å²) in [5, 5.41) is 37.3. The number of nitrogens with one attached hydrogen (secondary N) is 2. The van der Waals surface area contributed by atoms with Crippen molar-refractivity contribution in [2.75, 3.05) is 24.3 Å². The fraction of sp³-hybridized carbons (Fsp3) is 0.524. The van der Waals surface area contributed by atoms with Gasteiger partial charge in [-0.25, -0.2) is 9.97 Å². The van der Waals surface area contributed by atoms with Gasteiger partial charge in [-0.15, -0.1) is 11.3 Å². The van der Waals surface area contributed by atoms with Crippen LogP contribution in [0.1, 0.15) is 36.6 Å². The van der Waals surface area contributed by atoms with E-state index in [4.69, 9.17) is 4.98 Å². The molecule has 3 aromatic rings. The minimum Gasteiger partial charge on any atom is -0.396 e. The molecule has 10 heteroatoms. The molecule has 0 radical (unpaired) electrons. The normalized spacial score (nSPS) is 25.8. The van der Waals surface area contributed by atoms with Crippen LogP contribution in [0.4, 0.5) is 11.8 Å². The molecule has 4 atom stereocenters. The molecule has 9 nitrogen and oxygen atoms in total. The number of hydrogen-bond acceptors (Lipinski definition) is 10. The third-order valence-corrected chi connectivity index (χ3v) is 7.22.